The van der Waals surface area contributed by atoms with Crippen molar-refractivity contribution in [2.45, 2.75) is 45.5 Å². The minimum absolute atomic E-state index is 0.0574. The average Bonchev–Trinajstić information content (AvgIpc) is 2.56. The van der Waals surface area contributed by atoms with E-state index in [0.717, 1.165) is 5.56 Å². The Morgan fingerprint density at radius 2 is 1.89 bits per heavy atom. The lowest BCUT2D eigenvalue weighted by Gasteiger charge is -2.32. The molecule has 1 aromatic heterocycles. The maximum absolute atomic E-state index is 9.04. The summed E-state index contributed by atoms with van der Waals surface area (Å²) in [4.78, 5) is 4.04. The Hall–Kier alpha value is -1.17. The highest BCUT2D eigenvalue weighted by atomic mass is 16.7. The Balaban J connectivity index is 2.08. The van der Waals surface area contributed by atoms with Crippen LogP contribution in [0.2, 0.25) is 0 Å². The van der Waals surface area contributed by atoms with E-state index in [1.165, 1.54) is 0 Å². The summed E-state index contributed by atoms with van der Waals surface area (Å²) in [5.41, 5.74) is 0.970. The van der Waals surface area contributed by atoms with Gasteiger partial charge in [-0.1, -0.05) is 12.1 Å². The monoisotopic (exact) mass is 261 g/mol. The number of nitrogens with zero attached hydrogens (tertiary/aromatic N) is 1. The maximum atomic E-state index is 9.04. The summed E-state index contributed by atoms with van der Waals surface area (Å²) in [6.07, 6.45) is 3.60. The Morgan fingerprint density at radius 1 is 1.26 bits per heavy atom. The molecule has 0 atom stereocenters. The smallest absolute Gasteiger partial charge is 0.400 e. The third-order valence-electron chi connectivity index (χ3n) is 3.72. The predicted octanol–water partition coefficient (Wildman–Crippen LogP) is 2.22. The van der Waals surface area contributed by atoms with Crippen LogP contribution in [0.15, 0.2) is 24.3 Å². The summed E-state index contributed by atoms with van der Waals surface area (Å²) in [6.45, 7) is 8.04. The van der Waals surface area contributed by atoms with Crippen molar-refractivity contribution in [1.82, 2.24) is 4.98 Å². The van der Waals surface area contributed by atoms with Crippen LogP contribution in [0.5, 0.6) is 0 Å². The largest absolute Gasteiger partial charge is 0.487 e. The maximum Gasteiger partial charge on any atom is 0.487 e. The van der Waals surface area contributed by atoms with Crippen molar-refractivity contribution in [3.05, 3.63) is 35.6 Å². The summed E-state index contributed by atoms with van der Waals surface area (Å²) in [5, 5.41) is 9.04. The molecule has 2 heterocycles. The molecule has 0 aliphatic carbocycles. The number of rotatable bonds is 3. The quantitative estimate of drug-likeness (QED) is 0.847. The summed E-state index contributed by atoms with van der Waals surface area (Å²) < 4.78 is 11.7. The predicted molar refractivity (Wildman–Crippen MR) is 75.3 cm³/mol. The van der Waals surface area contributed by atoms with Crippen molar-refractivity contribution >= 4 is 13.2 Å². The van der Waals surface area contributed by atoms with E-state index in [-0.39, 0.29) is 24.9 Å². The van der Waals surface area contributed by atoms with Gasteiger partial charge in [0.2, 0.25) is 0 Å². The van der Waals surface area contributed by atoms with Crippen LogP contribution in [-0.4, -0.2) is 28.4 Å². The molecule has 0 amide bonds. The molecule has 0 bridgehead atoms. The molecule has 0 unspecified atom stereocenters. The number of aliphatic hydroxyl groups is 1. The number of aromatic nitrogens is 1. The van der Waals surface area contributed by atoms with Gasteiger partial charge in [-0.25, -0.2) is 0 Å². The zero-order valence-electron chi connectivity index (χ0n) is 11.9. The Kier molecular flexibility index (Phi) is 3.81. The number of hydrogen-bond donors (Lipinski definition) is 1. The van der Waals surface area contributed by atoms with E-state index in [1.807, 2.05) is 51.9 Å². The van der Waals surface area contributed by atoms with Gasteiger partial charge in [0, 0.05) is 6.20 Å². The number of pyridine rings is 1. The highest BCUT2D eigenvalue weighted by Gasteiger charge is 2.49. The van der Waals surface area contributed by atoms with Crippen LogP contribution in [0.1, 0.15) is 39.0 Å². The normalized spacial score (nSPS) is 21.2. The molecule has 0 saturated carbocycles. The molecule has 1 aliphatic rings. The van der Waals surface area contributed by atoms with E-state index >= 15 is 0 Å². The van der Waals surface area contributed by atoms with Crippen molar-refractivity contribution < 1.29 is 14.4 Å². The second kappa shape index (κ2) is 5.08. The average molecular weight is 261 g/mol. The van der Waals surface area contributed by atoms with Crippen LogP contribution >= 0.6 is 0 Å². The van der Waals surface area contributed by atoms with Gasteiger partial charge in [0.05, 0.1) is 23.5 Å². The van der Waals surface area contributed by atoms with Crippen LogP contribution in [0.25, 0.3) is 6.08 Å². The van der Waals surface area contributed by atoms with Gasteiger partial charge in [-0.05, 0) is 45.4 Å². The Labute approximate surface area is 114 Å². The molecule has 0 radical (unpaired) electrons. The van der Waals surface area contributed by atoms with Gasteiger partial charge in [-0.2, -0.15) is 0 Å². The molecule has 19 heavy (non-hydrogen) atoms. The highest BCUT2D eigenvalue weighted by Crippen LogP contribution is 2.36. The van der Waals surface area contributed by atoms with E-state index in [0.29, 0.717) is 5.69 Å². The van der Waals surface area contributed by atoms with E-state index in [2.05, 4.69) is 4.98 Å². The third kappa shape index (κ3) is 3.05. The minimum Gasteiger partial charge on any atom is -0.400 e. The molecule has 1 aromatic rings. The van der Waals surface area contributed by atoms with Crippen molar-refractivity contribution in [3.8, 4) is 0 Å². The first-order chi connectivity index (χ1) is 8.84. The zero-order valence-corrected chi connectivity index (χ0v) is 11.9. The molecular formula is C14H20BNO3. The van der Waals surface area contributed by atoms with E-state index < -0.39 is 0 Å². The summed E-state index contributed by atoms with van der Waals surface area (Å²) in [5.74, 6) is 1.88. The lowest BCUT2D eigenvalue weighted by atomic mass is 9.89. The fraction of sp³-hybridized carbons (Fsp3) is 0.500. The summed E-state index contributed by atoms with van der Waals surface area (Å²) >= 11 is 0. The molecule has 102 valence electrons. The fourth-order valence-corrected chi connectivity index (χ4v) is 1.84. The molecule has 1 fully saturated rings. The topological polar surface area (TPSA) is 51.6 Å². The summed E-state index contributed by atoms with van der Waals surface area (Å²) in [7, 11) is -0.351. The van der Waals surface area contributed by atoms with Crippen LogP contribution in [-0.2, 0) is 15.9 Å². The van der Waals surface area contributed by atoms with Gasteiger partial charge in [0.1, 0.15) is 0 Å². The second-order valence-electron chi connectivity index (χ2n) is 5.72. The fourth-order valence-electron chi connectivity index (χ4n) is 1.84. The van der Waals surface area contributed by atoms with Gasteiger partial charge in [-0.3, -0.25) is 4.98 Å². The van der Waals surface area contributed by atoms with Crippen LogP contribution in [0.4, 0.5) is 0 Å². The first kappa shape index (κ1) is 14.2. The number of aliphatic hydroxyl groups excluding tert-OH is 1. The van der Waals surface area contributed by atoms with Crippen LogP contribution in [0.3, 0.4) is 0 Å². The van der Waals surface area contributed by atoms with Crippen molar-refractivity contribution in [3.63, 3.8) is 0 Å². The summed E-state index contributed by atoms with van der Waals surface area (Å²) in [6, 6.07) is 3.71. The zero-order chi connectivity index (χ0) is 14.1. The minimum atomic E-state index is -0.351. The molecule has 1 saturated heterocycles. The van der Waals surface area contributed by atoms with Gasteiger partial charge in [-0.15, -0.1) is 0 Å². The molecule has 5 heteroatoms. The first-order valence-electron chi connectivity index (χ1n) is 6.44. The second-order valence-corrected chi connectivity index (χ2v) is 5.72. The van der Waals surface area contributed by atoms with Crippen molar-refractivity contribution in [2.24, 2.45) is 0 Å². The molecule has 4 nitrogen and oxygen atoms in total. The molecule has 2 rings (SSSR count). The standard InChI is InChI=1S/C14H20BNO3/c1-13(2)14(3,4)19-15(18-13)7-5-11-6-8-16-12(9-11)10-17/h5-9,17H,10H2,1-4H3/b7-5+. The Bertz CT molecular complexity index is 469. The molecular weight excluding hydrogens is 241 g/mol. The molecule has 1 N–H and O–H groups in total. The molecule has 0 spiro atoms. The van der Waals surface area contributed by atoms with Crippen LogP contribution < -0.4 is 0 Å². The Morgan fingerprint density at radius 3 is 2.47 bits per heavy atom. The number of hydrogen-bond acceptors (Lipinski definition) is 4. The van der Waals surface area contributed by atoms with Gasteiger partial charge < -0.3 is 14.4 Å². The van der Waals surface area contributed by atoms with E-state index in [9.17, 15) is 0 Å². The van der Waals surface area contributed by atoms with Crippen molar-refractivity contribution in [2.75, 3.05) is 0 Å². The van der Waals surface area contributed by atoms with Crippen LogP contribution in [0, 0.1) is 0 Å². The lowest BCUT2D eigenvalue weighted by molar-refractivity contribution is 0.00578. The van der Waals surface area contributed by atoms with Crippen molar-refractivity contribution in [1.29, 1.82) is 0 Å². The van der Waals surface area contributed by atoms with Gasteiger partial charge in [0.15, 0.2) is 0 Å². The van der Waals surface area contributed by atoms with Gasteiger partial charge >= 0.3 is 7.12 Å². The SMILES string of the molecule is CC1(C)OB(/C=C/c2ccnc(CO)c2)OC1(C)C. The van der Waals surface area contributed by atoms with E-state index in [1.54, 1.807) is 6.20 Å². The van der Waals surface area contributed by atoms with Gasteiger partial charge in [0.25, 0.3) is 0 Å². The lowest BCUT2D eigenvalue weighted by Crippen LogP contribution is -2.41. The first-order valence-corrected chi connectivity index (χ1v) is 6.44. The molecule has 1 aliphatic heterocycles. The highest BCUT2D eigenvalue weighted by molar-refractivity contribution is 6.52. The van der Waals surface area contributed by atoms with E-state index in [4.69, 9.17) is 14.4 Å². The third-order valence-corrected chi connectivity index (χ3v) is 3.72. The molecule has 0 aromatic carbocycles.